The van der Waals surface area contributed by atoms with Crippen LogP contribution in [0.3, 0.4) is 0 Å². The zero-order valence-corrected chi connectivity index (χ0v) is 20.2. The van der Waals surface area contributed by atoms with Crippen LogP contribution in [0.1, 0.15) is 52.0 Å². The van der Waals surface area contributed by atoms with Crippen molar-refractivity contribution in [2.75, 3.05) is 18.0 Å². The lowest BCUT2D eigenvalue weighted by atomic mass is 10.2. The number of rotatable bonds is 6. The fourth-order valence-electron chi connectivity index (χ4n) is 2.29. The van der Waals surface area contributed by atoms with Gasteiger partial charge in [-0.3, -0.25) is 9.59 Å². The smallest absolute Gasteiger partial charge is 0.296 e. The summed E-state index contributed by atoms with van der Waals surface area (Å²) in [6.07, 6.45) is 0. The highest BCUT2D eigenvalue weighted by Gasteiger charge is 2.42. The number of thiazole rings is 1. The molecule has 6 nitrogen and oxygen atoms in total. The van der Waals surface area contributed by atoms with Gasteiger partial charge in [-0.15, -0.1) is 11.3 Å². The predicted octanol–water partition coefficient (Wildman–Crippen LogP) is 4.40. The summed E-state index contributed by atoms with van der Waals surface area (Å²) in [6.45, 7) is 17.8. The summed E-state index contributed by atoms with van der Waals surface area (Å²) in [6, 6.07) is -0.0721. The first-order chi connectivity index (χ1) is 12.3. The van der Waals surface area contributed by atoms with Crippen molar-refractivity contribution < 1.29 is 14.1 Å². The molecule has 0 radical (unpaired) electrons. The van der Waals surface area contributed by atoms with E-state index in [1.54, 1.807) is 12.3 Å². The molecular weight excluding hydrogens is 398 g/mol. The van der Waals surface area contributed by atoms with E-state index >= 15 is 0 Å². The van der Waals surface area contributed by atoms with Crippen LogP contribution >= 0.6 is 23.1 Å². The monoisotopic (exact) mass is 429 g/mol. The van der Waals surface area contributed by atoms with E-state index in [9.17, 15) is 9.59 Å². The minimum absolute atomic E-state index is 0.00861. The van der Waals surface area contributed by atoms with E-state index in [2.05, 4.69) is 43.7 Å². The molecule has 0 spiro atoms. The number of carbonyl (C=O) groups is 2. The van der Waals surface area contributed by atoms with Gasteiger partial charge in [0.15, 0.2) is 10.2 Å². The molecule has 1 fully saturated rings. The molecule has 27 heavy (non-hydrogen) atoms. The van der Waals surface area contributed by atoms with Gasteiger partial charge in [0.1, 0.15) is 5.69 Å². The van der Waals surface area contributed by atoms with Gasteiger partial charge in [-0.25, -0.2) is 10.0 Å². The summed E-state index contributed by atoms with van der Waals surface area (Å²) >= 11 is 2.84. The van der Waals surface area contributed by atoms with Crippen LogP contribution in [0.5, 0.6) is 0 Å². The summed E-state index contributed by atoms with van der Waals surface area (Å²) in [4.78, 5) is 30.9. The Morgan fingerprint density at radius 2 is 1.96 bits per heavy atom. The number of hydrogen-bond acceptors (Lipinski definition) is 7. The summed E-state index contributed by atoms with van der Waals surface area (Å²) in [7, 11) is -2.13. The van der Waals surface area contributed by atoms with Crippen LogP contribution in [0, 0.1) is 0 Å². The summed E-state index contributed by atoms with van der Waals surface area (Å²) in [5, 5.41) is 4.60. The first kappa shape index (κ1) is 22.4. The fraction of sp³-hybridized carbons (Fsp3) is 0.722. The minimum Gasteiger partial charge on any atom is -0.346 e. The van der Waals surface area contributed by atoms with Crippen LogP contribution in [0.2, 0.25) is 18.1 Å². The number of amides is 1. The predicted molar refractivity (Wildman–Crippen MR) is 116 cm³/mol. The maximum absolute atomic E-state index is 13.0. The minimum atomic E-state index is -2.13. The van der Waals surface area contributed by atoms with E-state index in [4.69, 9.17) is 4.53 Å². The van der Waals surface area contributed by atoms with E-state index in [1.807, 2.05) is 13.8 Å². The molecule has 2 heterocycles. The van der Waals surface area contributed by atoms with Crippen LogP contribution in [0.15, 0.2) is 5.38 Å². The molecule has 152 valence electrons. The van der Waals surface area contributed by atoms with Gasteiger partial charge in [-0.05, 0) is 32.0 Å². The molecule has 0 saturated carbocycles. The maximum atomic E-state index is 13.0. The number of hydroxylamine groups is 2. The van der Waals surface area contributed by atoms with Crippen LogP contribution in [0.4, 0.5) is 5.13 Å². The SMILES string of the molecule is CC(=O)SC1CN(c2nc(C(=O)N(O[Si](C)(C)C(C)(C)C)C(C)C)cs2)C1. The molecule has 0 unspecified atom stereocenters. The second-order valence-corrected chi connectivity index (χ2v) is 15.7. The van der Waals surface area contributed by atoms with Crippen molar-refractivity contribution >= 4 is 47.6 Å². The Labute approximate surface area is 171 Å². The Morgan fingerprint density at radius 3 is 2.44 bits per heavy atom. The standard InChI is InChI=1S/C18H31N3O3S2Si/c1-12(2)21(24-27(7,8)18(4,5)6)16(23)15-11-25-17(19-15)20-9-14(10-20)26-13(3)22/h11-12,14H,9-10H2,1-8H3. The van der Waals surface area contributed by atoms with Crippen molar-refractivity contribution in [1.29, 1.82) is 0 Å². The second kappa shape index (κ2) is 8.22. The van der Waals surface area contributed by atoms with Gasteiger partial charge in [0.05, 0.1) is 6.04 Å². The van der Waals surface area contributed by atoms with Gasteiger partial charge in [0, 0.05) is 30.6 Å². The molecule has 1 aromatic heterocycles. The van der Waals surface area contributed by atoms with Crippen molar-refractivity contribution in [2.45, 2.75) is 71.0 Å². The Bertz CT molecular complexity index is 694. The third-order valence-corrected chi connectivity index (χ3v) is 11.1. The average Bonchev–Trinajstić information content (AvgIpc) is 2.95. The lowest BCUT2D eigenvalue weighted by Gasteiger charge is -2.40. The Kier molecular flexibility index (Phi) is 6.82. The Hall–Kier alpha value is -0.903. The number of hydrogen-bond donors (Lipinski definition) is 0. The molecule has 2 rings (SSSR count). The zero-order valence-electron chi connectivity index (χ0n) is 17.5. The van der Waals surface area contributed by atoms with Gasteiger partial charge < -0.3 is 9.43 Å². The largest absolute Gasteiger partial charge is 0.346 e. The lowest BCUT2D eigenvalue weighted by Crippen LogP contribution is -2.51. The van der Waals surface area contributed by atoms with Gasteiger partial charge >= 0.3 is 0 Å². The highest BCUT2D eigenvalue weighted by Crippen LogP contribution is 2.38. The van der Waals surface area contributed by atoms with Crippen LogP contribution < -0.4 is 4.90 Å². The fourth-order valence-corrected chi connectivity index (χ4v) is 5.15. The molecule has 1 saturated heterocycles. The lowest BCUT2D eigenvalue weighted by molar-refractivity contribution is -0.109. The molecule has 0 bridgehead atoms. The summed E-state index contributed by atoms with van der Waals surface area (Å²) < 4.78 is 6.28. The Balaban J connectivity index is 2.07. The van der Waals surface area contributed by atoms with Crippen molar-refractivity contribution in [1.82, 2.24) is 10.0 Å². The zero-order chi connectivity index (χ0) is 20.6. The molecule has 0 N–H and O–H groups in total. The number of nitrogens with zero attached hydrogens (tertiary/aromatic N) is 3. The van der Waals surface area contributed by atoms with E-state index in [1.165, 1.54) is 28.2 Å². The highest BCUT2D eigenvalue weighted by molar-refractivity contribution is 8.14. The molecular formula is C18H31N3O3S2Si. The Morgan fingerprint density at radius 1 is 1.37 bits per heavy atom. The highest BCUT2D eigenvalue weighted by atomic mass is 32.2. The summed E-state index contributed by atoms with van der Waals surface area (Å²) in [5.74, 6) is -0.187. The van der Waals surface area contributed by atoms with Crippen molar-refractivity contribution in [2.24, 2.45) is 0 Å². The maximum Gasteiger partial charge on any atom is 0.296 e. The van der Waals surface area contributed by atoms with E-state index in [0.717, 1.165) is 18.2 Å². The number of anilines is 1. The third-order valence-electron chi connectivity index (χ3n) is 4.96. The van der Waals surface area contributed by atoms with Crippen LogP contribution in [-0.4, -0.2) is 53.8 Å². The van der Waals surface area contributed by atoms with Crippen molar-refractivity contribution in [3.05, 3.63) is 11.1 Å². The van der Waals surface area contributed by atoms with Crippen LogP contribution in [-0.2, 0) is 9.32 Å². The van der Waals surface area contributed by atoms with Crippen LogP contribution in [0.25, 0.3) is 0 Å². The molecule has 0 aliphatic carbocycles. The average molecular weight is 430 g/mol. The van der Waals surface area contributed by atoms with Crippen molar-refractivity contribution in [3.63, 3.8) is 0 Å². The van der Waals surface area contributed by atoms with E-state index in [-0.39, 0.29) is 22.1 Å². The second-order valence-electron chi connectivity index (χ2n) is 8.73. The van der Waals surface area contributed by atoms with Crippen molar-refractivity contribution in [3.8, 4) is 0 Å². The third kappa shape index (κ3) is 5.33. The van der Waals surface area contributed by atoms with Gasteiger partial charge in [-0.1, -0.05) is 32.5 Å². The quantitative estimate of drug-likeness (QED) is 0.493. The van der Waals surface area contributed by atoms with E-state index in [0.29, 0.717) is 10.9 Å². The number of aromatic nitrogens is 1. The number of thioether (sulfide) groups is 1. The van der Waals surface area contributed by atoms with Gasteiger partial charge in [0.2, 0.25) is 8.32 Å². The van der Waals surface area contributed by atoms with E-state index < -0.39 is 8.32 Å². The molecule has 0 aromatic carbocycles. The number of carbonyl (C=O) groups excluding carboxylic acids is 2. The first-order valence-corrected chi connectivity index (χ1v) is 13.9. The molecule has 9 heteroatoms. The first-order valence-electron chi connectivity index (χ1n) is 9.22. The normalized spacial score (nSPS) is 15.8. The van der Waals surface area contributed by atoms with Gasteiger partial charge in [0.25, 0.3) is 5.91 Å². The van der Waals surface area contributed by atoms with Gasteiger partial charge in [-0.2, -0.15) is 0 Å². The molecule has 0 atom stereocenters. The molecule has 1 aliphatic rings. The molecule has 1 aliphatic heterocycles. The molecule has 1 aromatic rings. The molecule has 1 amide bonds. The summed E-state index contributed by atoms with van der Waals surface area (Å²) in [5.41, 5.74) is 0.421. The topological polar surface area (TPSA) is 62.7 Å².